The number of aryl methyl sites for hydroxylation is 1. The summed E-state index contributed by atoms with van der Waals surface area (Å²) in [6.45, 7) is 10.9. The highest BCUT2D eigenvalue weighted by Crippen LogP contribution is 2.36. The lowest BCUT2D eigenvalue weighted by Gasteiger charge is -2.18. The number of ether oxygens (including phenoxy) is 1. The molecule has 2 heterocycles. The molecule has 0 unspecified atom stereocenters. The Morgan fingerprint density at radius 3 is 2.47 bits per heavy atom. The molecule has 5 nitrogen and oxygen atoms in total. The van der Waals surface area contributed by atoms with Crippen LogP contribution in [0, 0.1) is 12.8 Å². The molecule has 1 aromatic heterocycles. The lowest BCUT2D eigenvalue weighted by molar-refractivity contribution is -0.123. The molecule has 1 amide bonds. The van der Waals surface area contributed by atoms with Gasteiger partial charge in [0, 0.05) is 23.4 Å². The summed E-state index contributed by atoms with van der Waals surface area (Å²) in [6, 6.07) is 16.1. The molecule has 0 bridgehead atoms. The van der Waals surface area contributed by atoms with Crippen LogP contribution in [0.1, 0.15) is 38.8 Å². The highest BCUT2D eigenvalue weighted by molar-refractivity contribution is 8.26. The zero-order valence-electron chi connectivity index (χ0n) is 20.1. The van der Waals surface area contributed by atoms with Crippen LogP contribution in [0.3, 0.4) is 0 Å². The maximum absolute atomic E-state index is 13.0. The van der Waals surface area contributed by atoms with Gasteiger partial charge in [-0.1, -0.05) is 56.0 Å². The van der Waals surface area contributed by atoms with Crippen LogP contribution in [0.25, 0.3) is 23.0 Å². The molecule has 176 valence electrons. The average Bonchev–Trinajstić information content (AvgIpc) is 3.34. The van der Waals surface area contributed by atoms with Crippen LogP contribution in [0.15, 0.2) is 59.6 Å². The number of amides is 1. The summed E-state index contributed by atoms with van der Waals surface area (Å²) in [5.41, 5.74) is 4.63. The van der Waals surface area contributed by atoms with Gasteiger partial charge in [0.15, 0.2) is 0 Å². The second kappa shape index (κ2) is 10.2. The van der Waals surface area contributed by atoms with E-state index in [0.717, 1.165) is 33.8 Å². The average molecular weight is 492 g/mol. The van der Waals surface area contributed by atoms with Crippen LogP contribution in [-0.4, -0.2) is 37.6 Å². The lowest BCUT2D eigenvalue weighted by atomic mass is 10.0. The molecule has 0 atom stereocenters. The van der Waals surface area contributed by atoms with Crippen LogP contribution in [0.4, 0.5) is 0 Å². The molecule has 0 spiro atoms. The fraction of sp³-hybridized carbons (Fsp3) is 0.296. The Balaban J connectivity index is 1.77. The maximum Gasteiger partial charge on any atom is 0.266 e. The number of hydrogen-bond donors (Lipinski definition) is 0. The zero-order valence-corrected chi connectivity index (χ0v) is 21.7. The Morgan fingerprint density at radius 2 is 1.85 bits per heavy atom. The number of carbonyl (C=O) groups excluding carboxylic acids is 1. The van der Waals surface area contributed by atoms with Gasteiger partial charge in [-0.2, -0.15) is 5.10 Å². The minimum absolute atomic E-state index is 0.0194. The number of nitrogens with zero attached hydrogens (tertiary/aromatic N) is 3. The van der Waals surface area contributed by atoms with Crippen molar-refractivity contribution in [2.45, 2.75) is 40.7 Å². The van der Waals surface area contributed by atoms with Gasteiger partial charge in [0.05, 0.1) is 17.2 Å². The Hall–Kier alpha value is -2.90. The number of carbonyl (C=O) groups is 1. The third kappa shape index (κ3) is 5.10. The summed E-state index contributed by atoms with van der Waals surface area (Å²) in [7, 11) is 0. The fourth-order valence-electron chi connectivity index (χ4n) is 3.71. The number of thioether (sulfide) groups is 1. The molecule has 0 N–H and O–H groups in total. The van der Waals surface area contributed by atoms with Gasteiger partial charge in [0.1, 0.15) is 15.8 Å². The van der Waals surface area contributed by atoms with Crippen molar-refractivity contribution in [3.05, 3.63) is 70.8 Å². The van der Waals surface area contributed by atoms with Crippen LogP contribution in [-0.2, 0) is 4.79 Å². The van der Waals surface area contributed by atoms with Crippen LogP contribution in [0.2, 0.25) is 0 Å². The van der Waals surface area contributed by atoms with E-state index in [1.54, 1.807) is 4.90 Å². The van der Waals surface area contributed by atoms with Gasteiger partial charge in [-0.25, -0.2) is 4.68 Å². The smallest absolute Gasteiger partial charge is 0.266 e. The topological polar surface area (TPSA) is 47.4 Å². The molecule has 1 saturated heterocycles. The second-order valence-corrected chi connectivity index (χ2v) is 10.7. The number of aromatic nitrogens is 2. The number of benzene rings is 2. The first kappa shape index (κ1) is 24.2. The molecule has 1 aliphatic heterocycles. The van der Waals surface area contributed by atoms with Gasteiger partial charge in [-0.15, -0.1) is 0 Å². The van der Waals surface area contributed by atoms with Gasteiger partial charge in [-0.05, 0) is 68.7 Å². The Kier molecular flexibility index (Phi) is 7.24. The Morgan fingerprint density at radius 1 is 1.12 bits per heavy atom. The zero-order chi connectivity index (χ0) is 24.4. The van der Waals surface area contributed by atoms with Gasteiger partial charge < -0.3 is 4.74 Å². The summed E-state index contributed by atoms with van der Waals surface area (Å²) >= 11 is 6.80. The molecular formula is C27H29N3O2S2. The van der Waals surface area contributed by atoms with E-state index in [4.69, 9.17) is 22.1 Å². The molecule has 0 saturated carbocycles. The maximum atomic E-state index is 13.0. The predicted octanol–water partition coefficient (Wildman–Crippen LogP) is 6.49. The van der Waals surface area contributed by atoms with Gasteiger partial charge >= 0.3 is 0 Å². The van der Waals surface area contributed by atoms with Crippen molar-refractivity contribution >= 4 is 40.3 Å². The SMILES string of the molecule is Cc1cc(-c2nn(-c3ccccc3)cc2C=C2SC(=S)N(C(C)C)C2=O)ccc1OCC(C)C. The van der Waals surface area contributed by atoms with E-state index in [0.29, 0.717) is 21.8 Å². The number of para-hydroxylation sites is 1. The Labute approximate surface area is 210 Å². The van der Waals surface area contributed by atoms with Crippen molar-refractivity contribution in [1.82, 2.24) is 14.7 Å². The first-order valence-electron chi connectivity index (χ1n) is 11.4. The predicted molar refractivity (Wildman–Crippen MR) is 144 cm³/mol. The molecule has 0 aliphatic carbocycles. The van der Waals surface area contributed by atoms with Crippen molar-refractivity contribution in [1.29, 1.82) is 0 Å². The van der Waals surface area contributed by atoms with Crippen molar-refractivity contribution in [3.63, 3.8) is 0 Å². The summed E-state index contributed by atoms with van der Waals surface area (Å²) in [6.07, 6.45) is 3.87. The minimum atomic E-state index is -0.0583. The third-order valence-corrected chi connectivity index (χ3v) is 6.74. The molecule has 34 heavy (non-hydrogen) atoms. The summed E-state index contributed by atoms with van der Waals surface area (Å²) in [5.74, 6) is 1.27. The molecular weight excluding hydrogens is 462 g/mol. The lowest BCUT2D eigenvalue weighted by Crippen LogP contribution is -2.34. The van der Waals surface area contributed by atoms with Crippen molar-refractivity contribution in [3.8, 4) is 22.7 Å². The molecule has 1 aliphatic rings. The molecule has 4 rings (SSSR count). The quantitative estimate of drug-likeness (QED) is 0.279. The minimum Gasteiger partial charge on any atom is -0.493 e. The van der Waals surface area contributed by atoms with Crippen LogP contribution >= 0.6 is 24.0 Å². The molecule has 3 aromatic rings. The van der Waals surface area contributed by atoms with E-state index in [9.17, 15) is 4.79 Å². The summed E-state index contributed by atoms with van der Waals surface area (Å²) < 4.78 is 8.39. The first-order valence-corrected chi connectivity index (χ1v) is 12.6. The van der Waals surface area contributed by atoms with E-state index < -0.39 is 0 Å². The second-order valence-electron chi connectivity index (χ2n) is 9.04. The highest BCUT2D eigenvalue weighted by atomic mass is 32.2. The highest BCUT2D eigenvalue weighted by Gasteiger charge is 2.34. The van der Waals surface area contributed by atoms with Crippen molar-refractivity contribution in [2.24, 2.45) is 5.92 Å². The molecule has 1 fully saturated rings. The van der Waals surface area contributed by atoms with E-state index >= 15 is 0 Å². The molecule has 2 aromatic carbocycles. The first-order chi connectivity index (χ1) is 16.2. The van der Waals surface area contributed by atoms with E-state index in [-0.39, 0.29) is 11.9 Å². The number of thiocarbonyl (C=S) groups is 1. The standard InChI is InChI=1S/C27H29N3O2S2/c1-17(2)16-32-23-12-11-20(13-19(23)5)25-21(15-29(28-25)22-9-7-6-8-10-22)14-24-26(31)30(18(3)4)27(33)34-24/h6-15,17-18H,16H2,1-5H3. The molecule has 7 heteroatoms. The number of rotatable bonds is 7. The van der Waals surface area contributed by atoms with Gasteiger partial charge in [0.25, 0.3) is 5.91 Å². The van der Waals surface area contributed by atoms with E-state index in [1.165, 1.54) is 11.8 Å². The van der Waals surface area contributed by atoms with Crippen molar-refractivity contribution < 1.29 is 9.53 Å². The third-order valence-electron chi connectivity index (χ3n) is 5.41. The number of hydrogen-bond acceptors (Lipinski definition) is 5. The Bertz CT molecular complexity index is 1250. The normalized spacial score (nSPS) is 15.3. The van der Waals surface area contributed by atoms with E-state index in [1.807, 2.05) is 80.2 Å². The monoisotopic (exact) mass is 491 g/mol. The van der Waals surface area contributed by atoms with E-state index in [2.05, 4.69) is 19.9 Å². The fourth-order valence-corrected chi connectivity index (χ4v) is 5.23. The van der Waals surface area contributed by atoms with Crippen molar-refractivity contribution in [2.75, 3.05) is 6.61 Å². The largest absolute Gasteiger partial charge is 0.493 e. The summed E-state index contributed by atoms with van der Waals surface area (Å²) in [5, 5.41) is 4.90. The summed E-state index contributed by atoms with van der Waals surface area (Å²) in [4.78, 5) is 15.3. The van der Waals surface area contributed by atoms with Gasteiger partial charge in [-0.3, -0.25) is 9.69 Å². The van der Waals surface area contributed by atoms with Crippen LogP contribution < -0.4 is 4.74 Å². The van der Waals surface area contributed by atoms with Gasteiger partial charge in [0.2, 0.25) is 0 Å². The molecule has 0 radical (unpaired) electrons. The van der Waals surface area contributed by atoms with Crippen LogP contribution in [0.5, 0.6) is 5.75 Å².